The van der Waals surface area contributed by atoms with Gasteiger partial charge in [-0.2, -0.15) is 0 Å². The topological polar surface area (TPSA) is 89.3 Å². The summed E-state index contributed by atoms with van der Waals surface area (Å²) < 4.78 is 14.0. The fraction of sp³-hybridized carbons (Fsp3) is 0.500. The number of amides is 4. The largest absolute Gasteiger partial charge is 0.354 e. The van der Waals surface area contributed by atoms with Crippen LogP contribution in [0.2, 0.25) is 0 Å². The number of fused-ring (bicyclic) bond motifs is 1. The molecule has 0 atom stereocenters. The lowest BCUT2D eigenvalue weighted by Gasteiger charge is -2.25. The maximum atomic E-state index is 14.0. The molecule has 1 aromatic heterocycles. The second-order valence-corrected chi connectivity index (χ2v) is 7.17. The zero-order valence-corrected chi connectivity index (χ0v) is 16.2. The van der Waals surface area contributed by atoms with Crippen molar-refractivity contribution in [1.82, 2.24) is 25.8 Å². The van der Waals surface area contributed by atoms with Gasteiger partial charge >= 0.3 is 12.1 Å². The molecule has 1 aliphatic heterocycles. The van der Waals surface area contributed by atoms with Crippen LogP contribution in [-0.4, -0.2) is 48.1 Å². The Hall–Kier alpha value is -2.77. The first-order chi connectivity index (χ1) is 13.6. The van der Waals surface area contributed by atoms with Gasteiger partial charge in [0.1, 0.15) is 0 Å². The van der Waals surface area contributed by atoms with E-state index < -0.39 is 0 Å². The molecule has 28 heavy (non-hydrogen) atoms. The number of aromatic nitrogens is 1. The van der Waals surface area contributed by atoms with Crippen molar-refractivity contribution in [2.24, 2.45) is 0 Å². The Labute approximate surface area is 164 Å². The number of aromatic amines is 1. The van der Waals surface area contributed by atoms with E-state index in [0.29, 0.717) is 17.1 Å². The molecule has 4 amide bonds. The lowest BCUT2D eigenvalue weighted by atomic mass is 10.1. The maximum absolute atomic E-state index is 14.0. The second-order valence-electron chi connectivity index (χ2n) is 7.17. The third kappa shape index (κ3) is 5.37. The van der Waals surface area contributed by atoms with Crippen molar-refractivity contribution in [3.63, 3.8) is 0 Å². The summed E-state index contributed by atoms with van der Waals surface area (Å²) in [6.07, 6.45) is 5.66. The van der Waals surface area contributed by atoms with Crippen molar-refractivity contribution in [1.29, 1.82) is 0 Å². The molecule has 2 fully saturated rings. The molecule has 1 aromatic carbocycles. The second kappa shape index (κ2) is 9.43. The van der Waals surface area contributed by atoms with Crippen LogP contribution in [0.4, 0.5) is 14.0 Å². The molecule has 2 aromatic rings. The monoisotopic (exact) mass is 389 g/mol. The highest BCUT2D eigenvalue weighted by molar-refractivity contribution is 5.81. The third-order valence-corrected chi connectivity index (χ3v) is 4.91. The standard InChI is InChI=1S/C13H14FN3O.C7H14N2O/c14-12-9-3-1-2-4-10(9)17-11(12)7-15-13(18)16-8-5-6-8;1-8-7(10)9-5-3-2-4-6-9/h1-4,8,17H,5-7H2,(H2,15,16,18);2-6H2,1H3,(H,8,10). The summed E-state index contributed by atoms with van der Waals surface area (Å²) in [5, 5.41) is 8.62. The van der Waals surface area contributed by atoms with E-state index in [1.807, 2.05) is 17.0 Å². The van der Waals surface area contributed by atoms with Gasteiger partial charge in [0.25, 0.3) is 0 Å². The summed E-state index contributed by atoms with van der Waals surface area (Å²) in [7, 11) is 1.68. The molecule has 0 bridgehead atoms. The Morgan fingerprint density at radius 3 is 2.54 bits per heavy atom. The first-order valence-corrected chi connectivity index (χ1v) is 9.84. The van der Waals surface area contributed by atoms with Gasteiger partial charge in [0.2, 0.25) is 0 Å². The predicted molar refractivity (Wildman–Crippen MR) is 107 cm³/mol. The number of carbonyl (C=O) groups excluding carboxylic acids is 2. The summed E-state index contributed by atoms with van der Waals surface area (Å²) in [4.78, 5) is 27.3. The van der Waals surface area contributed by atoms with Crippen LogP contribution in [-0.2, 0) is 6.54 Å². The first kappa shape index (κ1) is 20.0. The van der Waals surface area contributed by atoms with E-state index in [9.17, 15) is 14.0 Å². The molecule has 0 spiro atoms. The van der Waals surface area contributed by atoms with Crippen LogP contribution < -0.4 is 16.0 Å². The molecule has 8 heteroatoms. The minimum absolute atomic E-state index is 0.0692. The summed E-state index contributed by atoms with van der Waals surface area (Å²) in [5.41, 5.74) is 1.15. The number of carbonyl (C=O) groups is 2. The number of piperidine rings is 1. The van der Waals surface area contributed by atoms with Gasteiger partial charge in [0, 0.05) is 37.1 Å². The molecular formula is C20H28FN5O2. The van der Waals surface area contributed by atoms with Crippen LogP contribution in [0.15, 0.2) is 24.3 Å². The van der Waals surface area contributed by atoms with Gasteiger partial charge in [-0.25, -0.2) is 14.0 Å². The summed E-state index contributed by atoms with van der Waals surface area (Å²) >= 11 is 0. The Bertz CT molecular complexity index is 812. The van der Waals surface area contributed by atoms with Gasteiger partial charge in [-0.1, -0.05) is 12.1 Å². The molecule has 7 nitrogen and oxygen atoms in total. The number of nitrogens with zero attached hydrogens (tertiary/aromatic N) is 1. The highest BCUT2D eigenvalue weighted by Crippen LogP contribution is 2.20. The zero-order valence-electron chi connectivity index (χ0n) is 16.2. The average molecular weight is 389 g/mol. The van der Waals surface area contributed by atoms with E-state index in [4.69, 9.17) is 0 Å². The van der Waals surface area contributed by atoms with E-state index in [-0.39, 0.29) is 24.4 Å². The molecule has 152 valence electrons. The number of nitrogens with one attached hydrogen (secondary N) is 4. The number of H-pyrrole nitrogens is 1. The fourth-order valence-electron chi connectivity index (χ4n) is 3.17. The van der Waals surface area contributed by atoms with Crippen molar-refractivity contribution in [2.45, 2.75) is 44.7 Å². The molecule has 2 heterocycles. The molecule has 1 saturated heterocycles. The van der Waals surface area contributed by atoms with Crippen LogP contribution in [0.5, 0.6) is 0 Å². The van der Waals surface area contributed by atoms with Gasteiger partial charge in [-0.3, -0.25) is 0 Å². The van der Waals surface area contributed by atoms with Crippen LogP contribution in [0.1, 0.15) is 37.8 Å². The zero-order chi connectivity index (χ0) is 19.9. The van der Waals surface area contributed by atoms with Crippen LogP contribution in [0, 0.1) is 5.82 Å². The number of hydrogen-bond donors (Lipinski definition) is 4. The molecule has 1 saturated carbocycles. The van der Waals surface area contributed by atoms with Gasteiger partial charge in [-0.05, 0) is 44.2 Å². The molecule has 0 unspecified atom stereocenters. The van der Waals surface area contributed by atoms with Gasteiger partial charge < -0.3 is 25.8 Å². The predicted octanol–water partition coefficient (Wildman–Crippen LogP) is 3.08. The normalized spacial score (nSPS) is 16.1. The molecular weight excluding hydrogens is 361 g/mol. The fourth-order valence-corrected chi connectivity index (χ4v) is 3.17. The summed E-state index contributed by atoms with van der Waals surface area (Å²) in [6.45, 7) is 2.03. The van der Waals surface area contributed by atoms with Crippen LogP contribution in [0.25, 0.3) is 10.9 Å². The lowest BCUT2D eigenvalue weighted by Crippen LogP contribution is -2.41. The smallest absolute Gasteiger partial charge is 0.317 e. The Morgan fingerprint density at radius 2 is 1.89 bits per heavy atom. The molecule has 4 N–H and O–H groups in total. The first-order valence-electron chi connectivity index (χ1n) is 9.84. The number of para-hydroxylation sites is 1. The Kier molecular flexibility index (Phi) is 6.73. The number of halogens is 1. The van der Waals surface area contributed by atoms with Gasteiger partial charge in [0.15, 0.2) is 5.82 Å². The van der Waals surface area contributed by atoms with Crippen molar-refractivity contribution in [3.05, 3.63) is 35.8 Å². The SMILES string of the molecule is CNC(=O)N1CCCCC1.O=C(NCc1[nH]c2ccccc2c1F)NC1CC1. The number of likely N-dealkylation sites (tertiary alicyclic amines) is 1. The average Bonchev–Trinajstić information content (AvgIpc) is 3.49. The van der Waals surface area contributed by atoms with E-state index >= 15 is 0 Å². The maximum Gasteiger partial charge on any atom is 0.317 e. The summed E-state index contributed by atoms with van der Waals surface area (Å²) in [5.74, 6) is -0.294. The van der Waals surface area contributed by atoms with E-state index in [1.54, 1.807) is 19.2 Å². The number of urea groups is 2. The minimum Gasteiger partial charge on any atom is -0.354 e. The molecule has 0 radical (unpaired) electrons. The molecule has 2 aliphatic rings. The third-order valence-electron chi connectivity index (χ3n) is 4.91. The lowest BCUT2D eigenvalue weighted by molar-refractivity contribution is 0.188. The highest BCUT2D eigenvalue weighted by Gasteiger charge is 2.23. The van der Waals surface area contributed by atoms with Crippen molar-refractivity contribution in [3.8, 4) is 0 Å². The van der Waals surface area contributed by atoms with Crippen LogP contribution >= 0.6 is 0 Å². The van der Waals surface area contributed by atoms with Gasteiger partial charge in [0.05, 0.1) is 12.2 Å². The van der Waals surface area contributed by atoms with Crippen molar-refractivity contribution >= 4 is 23.0 Å². The molecule has 1 aliphatic carbocycles. The molecule has 4 rings (SSSR count). The summed E-state index contributed by atoms with van der Waals surface area (Å²) in [6, 6.07) is 7.29. The van der Waals surface area contributed by atoms with E-state index in [0.717, 1.165) is 44.3 Å². The minimum atomic E-state index is -0.294. The quantitative estimate of drug-likeness (QED) is 0.650. The number of rotatable bonds is 3. The van der Waals surface area contributed by atoms with E-state index in [1.165, 1.54) is 6.42 Å². The van der Waals surface area contributed by atoms with Crippen LogP contribution in [0.3, 0.4) is 0 Å². The number of benzene rings is 1. The van der Waals surface area contributed by atoms with Gasteiger partial charge in [-0.15, -0.1) is 0 Å². The van der Waals surface area contributed by atoms with Crippen molar-refractivity contribution < 1.29 is 14.0 Å². The number of hydrogen-bond acceptors (Lipinski definition) is 2. The Balaban J connectivity index is 0.000000192. The van der Waals surface area contributed by atoms with Crippen molar-refractivity contribution in [2.75, 3.05) is 20.1 Å². The van der Waals surface area contributed by atoms with E-state index in [2.05, 4.69) is 20.9 Å². The highest BCUT2D eigenvalue weighted by atomic mass is 19.1. The Morgan fingerprint density at radius 1 is 1.18 bits per heavy atom.